The Labute approximate surface area is 128 Å². The highest BCUT2D eigenvalue weighted by Gasteiger charge is 2.21. The van der Waals surface area contributed by atoms with Crippen molar-refractivity contribution >= 4 is 11.5 Å². The minimum Gasteiger partial charge on any atom is -0.463 e. The maximum absolute atomic E-state index is 5.60. The Morgan fingerprint density at radius 2 is 2.32 bits per heavy atom. The minimum atomic E-state index is 0.681. The van der Waals surface area contributed by atoms with Crippen LogP contribution in [0, 0.1) is 0 Å². The normalized spacial score (nSPS) is 13.7. The van der Waals surface area contributed by atoms with E-state index >= 15 is 0 Å². The molecule has 0 aliphatic heterocycles. The summed E-state index contributed by atoms with van der Waals surface area (Å²) >= 11 is 0. The van der Waals surface area contributed by atoms with Crippen LogP contribution < -0.4 is 11.1 Å². The van der Waals surface area contributed by atoms with Crippen LogP contribution in [0.25, 0.3) is 17.1 Å². The molecular formula is C16H19N5O. The number of aromatic nitrogens is 3. The average molecular weight is 297 g/mol. The molecule has 1 aliphatic carbocycles. The van der Waals surface area contributed by atoms with Crippen molar-refractivity contribution < 1.29 is 4.42 Å². The van der Waals surface area contributed by atoms with Crippen LogP contribution in [0.5, 0.6) is 0 Å². The van der Waals surface area contributed by atoms with E-state index in [1.54, 1.807) is 6.26 Å². The van der Waals surface area contributed by atoms with Gasteiger partial charge in [-0.15, -0.1) is 0 Å². The summed E-state index contributed by atoms with van der Waals surface area (Å²) in [4.78, 5) is 4.77. The topological polar surface area (TPSA) is 81.4 Å². The Kier molecular flexibility index (Phi) is 3.31. The molecule has 0 radical (unpaired) electrons. The van der Waals surface area contributed by atoms with Gasteiger partial charge in [0.2, 0.25) is 0 Å². The molecule has 0 atom stereocenters. The van der Waals surface area contributed by atoms with Crippen LogP contribution in [-0.2, 0) is 12.8 Å². The minimum absolute atomic E-state index is 0.681. The molecule has 1 aliphatic rings. The first-order valence-electron chi connectivity index (χ1n) is 7.76. The Bertz CT molecular complexity index is 791. The van der Waals surface area contributed by atoms with Gasteiger partial charge in [-0.1, -0.05) is 0 Å². The highest BCUT2D eigenvalue weighted by Crippen LogP contribution is 2.30. The van der Waals surface area contributed by atoms with E-state index in [2.05, 4.69) is 10.4 Å². The van der Waals surface area contributed by atoms with Crippen LogP contribution in [0.1, 0.15) is 24.1 Å². The summed E-state index contributed by atoms with van der Waals surface area (Å²) in [6.45, 7) is 1.53. The number of nitrogens with two attached hydrogens (primary N) is 1. The summed E-state index contributed by atoms with van der Waals surface area (Å²) in [6.07, 6.45) is 5.85. The molecule has 0 spiro atoms. The third-order valence-electron chi connectivity index (χ3n) is 4.07. The van der Waals surface area contributed by atoms with Crippen molar-refractivity contribution in [1.82, 2.24) is 14.6 Å². The summed E-state index contributed by atoms with van der Waals surface area (Å²) < 4.78 is 7.35. The number of nitrogens with one attached hydrogen (secondary N) is 1. The van der Waals surface area contributed by atoms with Gasteiger partial charge in [-0.25, -0.2) is 4.98 Å². The van der Waals surface area contributed by atoms with Gasteiger partial charge in [-0.3, -0.25) is 0 Å². The van der Waals surface area contributed by atoms with Gasteiger partial charge in [0, 0.05) is 23.9 Å². The lowest BCUT2D eigenvalue weighted by molar-refractivity contribution is 0.579. The molecule has 0 aromatic carbocycles. The van der Waals surface area contributed by atoms with Gasteiger partial charge < -0.3 is 15.5 Å². The highest BCUT2D eigenvalue weighted by atomic mass is 16.3. The van der Waals surface area contributed by atoms with Crippen molar-refractivity contribution in [3.8, 4) is 11.5 Å². The average Bonchev–Trinajstić information content (AvgIpc) is 3.25. The molecule has 0 unspecified atom stereocenters. The number of nitrogens with zero attached hydrogens (tertiary/aromatic N) is 3. The fourth-order valence-electron chi connectivity index (χ4n) is 3.02. The highest BCUT2D eigenvalue weighted by molar-refractivity contribution is 5.64. The van der Waals surface area contributed by atoms with Crippen LogP contribution in [-0.4, -0.2) is 27.7 Å². The number of furan rings is 1. The molecule has 3 heterocycles. The zero-order valence-electron chi connectivity index (χ0n) is 12.4. The third kappa shape index (κ3) is 2.16. The molecule has 3 N–H and O–H groups in total. The van der Waals surface area contributed by atoms with Crippen LogP contribution in [0.3, 0.4) is 0 Å². The number of hydrogen-bond donors (Lipinski definition) is 2. The van der Waals surface area contributed by atoms with Crippen molar-refractivity contribution in [2.45, 2.75) is 25.7 Å². The van der Waals surface area contributed by atoms with E-state index in [9.17, 15) is 0 Å². The van der Waals surface area contributed by atoms with Gasteiger partial charge in [0.25, 0.3) is 0 Å². The van der Waals surface area contributed by atoms with E-state index in [1.807, 2.05) is 22.7 Å². The van der Waals surface area contributed by atoms with E-state index in [0.29, 0.717) is 6.54 Å². The number of hydrogen-bond acceptors (Lipinski definition) is 5. The standard InChI is InChI=1S/C16H19N5O/c17-7-3-8-18-16-11-4-1-5-12(11)19-15-10-13(20-21(15)16)14-6-2-9-22-14/h2,6,9-10,18H,1,3-5,7-8,17H2. The summed E-state index contributed by atoms with van der Waals surface area (Å²) in [7, 11) is 0. The number of aryl methyl sites for hydroxylation is 1. The second-order valence-corrected chi connectivity index (χ2v) is 5.59. The fourth-order valence-corrected chi connectivity index (χ4v) is 3.02. The predicted octanol–water partition coefficient (Wildman–Crippen LogP) is 2.24. The van der Waals surface area contributed by atoms with Crippen molar-refractivity contribution in [3.05, 3.63) is 35.7 Å². The lowest BCUT2D eigenvalue weighted by atomic mass is 10.2. The monoisotopic (exact) mass is 297 g/mol. The number of rotatable bonds is 5. The van der Waals surface area contributed by atoms with E-state index in [-0.39, 0.29) is 0 Å². The fraction of sp³-hybridized carbons (Fsp3) is 0.375. The molecule has 4 rings (SSSR count). The van der Waals surface area contributed by atoms with Gasteiger partial charge in [0.15, 0.2) is 11.4 Å². The van der Waals surface area contributed by atoms with Crippen LogP contribution >= 0.6 is 0 Å². The summed E-state index contributed by atoms with van der Waals surface area (Å²) in [5.74, 6) is 1.82. The van der Waals surface area contributed by atoms with Gasteiger partial charge >= 0.3 is 0 Å². The largest absolute Gasteiger partial charge is 0.463 e. The van der Waals surface area contributed by atoms with Gasteiger partial charge in [0.05, 0.1) is 6.26 Å². The second kappa shape index (κ2) is 5.46. The van der Waals surface area contributed by atoms with Crippen LogP contribution in [0.4, 0.5) is 5.82 Å². The molecule has 0 bridgehead atoms. The molecule has 0 fully saturated rings. The Hall–Kier alpha value is -2.34. The van der Waals surface area contributed by atoms with E-state index in [0.717, 1.165) is 55.1 Å². The smallest absolute Gasteiger partial charge is 0.158 e. The van der Waals surface area contributed by atoms with E-state index in [1.165, 1.54) is 11.3 Å². The van der Waals surface area contributed by atoms with E-state index in [4.69, 9.17) is 15.1 Å². The molecule has 0 saturated carbocycles. The maximum atomic E-state index is 5.60. The predicted molar refractivity (Wildman–Crippen MR) is 84.9 cm³/mol. The van der Waals surface area contributed by atoms with Crippen molar-refractivity contribution in [2.75, 3.05) is 18.4 Å². The van der Waals surface area contributed by atoms with E-state index < -0.39 is 0 Å². The molecule has 0 amide bonds. The van der Waals surface area contributed by atoms with Crippen molar-refractivity contribution in [1.29, 1.82) is 0 Å². The molecule has 3 aromatic rings. The van der Waals surface area contributed by atoms with Crippen LogP contribution in [0.15, 0.2) is 28.9 Å². The van der Waals surface area contributed by atoms with Gasteiger partial charge in [-0.05, 0) is 44.4 Å². The second-order valence-electron chi connectivity index (χ2n) is 5.59. The summed E-state index contributed by atoms with van der Waals surface area (Å²) in [5, 5.41) is 8.18. The summed E-state index contributed by atoms with van der Waals surface area (Å²) in [5.41, 5.74) is 9.75. The molecule has 114 valence electrons. The number of fused-ring (bicyclic) bond motifs is 2. The molecule has 6 nitrogen and oxygen atoms in total. The lowest BCUT2D eigenvalue weighted by Crippen LogP contribution is -2.14. The molecular weight excluding hydrogens is 278 g/mol. The molecule has 3 aromatic heterocycles. The first kappa shape index (κ1) is 13.3. The quantitative estimate of drug-likeness (QED) is 0.706. The zero-order valence-corrected chi connectivity index (χ0v) is 12.4. The van der Waals surface area contributed by atoms with Gasteiger partial charge in [0.1, 0.15) is 11.5 Å². The SMILES string of the molecule is NCCCNc1c2c(nc3cc(-c4ccco4)nn13)CCC2. The summed E-state index contributed by atoms with van der Waals surface area (Å²) in [6, 6.07) is 5.76. The third-order valence-corrected chi connectivity index (χ3v) is 4.07. The first-order chi connectivity index (χ1) is 10.9. The zero-order chi connectivity index (χ0) is 14.9. The Morgan fingerprint density at radius 1 is 1.36 bits per heavy atom. The first-order valence-corrected chi connectivity index (χ1v) is 7.76. The van der Waals surface area contributed by atoms with Crippen LogP contribution in [0.2, 0.25) is 0 Å². The van der Waals surface area contributed by atoms with Gasteiger partial charge in [-0.2, -0.15) is 9.61 Å². The molecule has 22 heavy (non-hydrogen) atoms. The molecule has 0 saturated heterocycles. The molecule has 6 heteroatoms. The van der Waals surface area contributed by atoms with Crippen molar-refractivity contribution in [2.24, 2.45) is 5.73 Å². The van der Waals surface area contributed by atoms with Crippen molar-refractivity contribution in [3.63, 3.8) is 0 Å². The Morgan fingerprint density at radius 3 is 3.14 bits per heavy atom. The maximum Gasteiger partial charge on any atom is 0.158 e. The lowest BCUT2D eigenvalue weighted by Gasteiger charge is -2.12. The Balaban J connectivity index is 1.82. The number of anilines is 1.